The van der Waals surface area contributed by atoms with E-state index in [1.54, 1.807) is 0 Å². The first kappa shape index (κ1) is 18.4. The van der Waals surface area contributed by atoms with Crippen molar-refractivity contribution < 1.29 is 4.79 Å². The van der Waals surface area contributed by atoms with E-state index in [0.29, 0.717) is 17.9 Å². The van der Waals surface area contributed by atoms with Gasteiger partial charge in [0.2, 0.25) is 5.91 Å². The Balaban J connectivity index is 1.54. The Labute approximate surface area is 152 Å². The summed E-state index contributed by atoms with van der Waals surface area (Å²) in [4.78, 5) is 15.2. The molecule has 4 heteroatoms. The molecule has 0 spiro atoms. The lowest BCUT2D eigenvalue weighted by Crippen LogP contribution is -2.49. The van der Waals surface area contributed by atoms with Crippen molar-refractivity contribution in [2.45, 2.75) is 51.7 Å². The van der Waals surface area contributed by atoms with Gasteiger partial charge >= 0.3 is 0 Å². The fourth-order valence-electron chi connectivity index (χ4n) is 4.62. The number of rotatable bonds is 7. The predicted molar refractivity (Wildman–Crippen MR) is 102 cm³/mol. The second kappa shape index (κ2) is 8.33. The van der Waals surface area contributed by atoms with Crippen molar-refractivity contribution in [3.63, 3.8) is 0 Å². The molecule has 2 N–H and O–H groups in total. The van der Waals surface area contributed by atoms with Gasteiger partial charge in [-0.25, -0.2) is 0 Å². The van der Waals surface area contributed by atoms with Crippen molar-refractivity contribution in [1.82, 2.24) is 15.5 Å². The minimum atomic E-state index is -0.0686. The van der Waals surface area contributed by atoms with Crippen LogP contribution in [0.4, 0.5) is 0 Å². The van der Waals surface area contributed by atoms with Gasteiger partial charge in [0.05, 0.1) is 6.04 Å². The number of fused-ring (bicyclic) bond motifs is 1. The summed E-state index contributed by atoms with van der Waals surface area (Å²) >= 11 is 0. The predicted octanol–water partition coefficient (Wildman–Crippen LogP) is 2.65. The number of amides is 1. The Bertz CT molecular complexity index is 560. The third-order valence-electron chi connectivity index (χ3n) is 5.88. The van der Waals surface area contributed by atoms with Gasteiger partial charge in [-0.1, -0.05) is 44.2 Å². The van der Waals surface area contributed by atoms with Crippen LogP contribution in [0, 0.1) is 17.8 Å². The Hall–Kier alpha value is -1.39. The Kier molecular flexibility index (Phi) is 6.13. The molecule has 138 valence electrons. The number of hydrogen-bond acceptors (Lipinski definition) is 3. The quantitative estimate of drug-likeness (QED) is 0.800. The van der Waals surface area contributed by atoms with Gasteiger partial charge in [-0.15, -0.1) is 0 Å². The summed E-state index contributed by atoms with van der Waals surface area (Å²) in [7, 11) is 1.89. The maximum absolute atomic E-state index is 12.6. The van der Waals surface area contributed by atoms with Crippen LogP contribution in [-0.4, -0.2) is 43.0 Å². The van der Waals surface area contributed by atoms with Gasteiger partial charge in [-0.2, -0.15) is 0 Å². The molecule has 0 aromatic heterocycles. The summed E-state index contributed by atoms with van der Waals surface area (Å²) < 4.78 is 0. The lowest BCUT2D eigenvalue weighted by Gasteiger charge is -2.25. The SMILES string of the molecule is CN[C@@H](CC(C)C)C(=O)N[C@H]1CC[C@@H]2CN(Cc3ccccc3)C[C@@H]21. The molecule has 2 aliphatic rings. The summed E-state index contributed by atoms with van der Waals surface area (Å²) in [6, 6.07) is 11.0. The first-order valence-electron chi connectivity index (χ1n) is 9.80. The van der Waals surface area contributed by atoms with Crippen LogP contribution in [0.2, 0.25) is 0 Å². The molecule has 1 saturated heterocycles. The molecule has 25 heavy (non-hydrogen) atoms. The van der Waals surface area contributed by atoms with Crippen molar-refractivity contribution in [2.75, 3.05) is 20.1 Å². The zero-order chi connectivity index (χ0) is 17.8. The minimum absolute atomic E-state index is 0.0686. The molecule has 1 saturated carbocycles. The molecule has 1 heterocycles. The van der Waals surface area contributed by atoms with Crippen LogP contribution >= 0.6 is 0 Å². The number of hydrogen-bond donors (Lipinski definition) is 2. The summed E-state index contributed by atoms with van der Waals surface area (Å²) in [5.74, 6) is 2.06. The van der Waals surface area contributed by atoms with E-state index in [0.717, 1.165) is 31.8 Å². The topological polar surface area (TPSA) is 44.4 Å². The number of carbonyl (C=O) groups excluding carboxylic acids is 1. The van der Waals surface area contributed by atoms with Crippen LogP contribution in [0.3, 0.4) is 0 Å². The zero-order valence-electron chi connectivity index (χ0n) is 15.9. The van der Waals surface area contributed by atoms with Gasteiger partial charge in [-0.3, -0.25) is 9.69 Å². The first-order valence-corrected chi connectivity index (χ1v) is 9.80. The number of likely N-dealkylation sites (N-methyl/N-ethyl adjacent to an activating group) is 1. The average molecular weight is 344 g/mol. The Morgan fingerprint density at radius 3 is 2.64 bits per heavy atom. The van der Waals surface area contributed by atoms with Gasteiger partial charge in [0.25, 0.3) is 0 Å². The van der Waals surface area contributed by atoms with Crippen LogP contribution in [0.5, 0.6) is 0 Å². The molecular formula is C21H33N3O. The molecule has 2 fully saturated rings. The Morgan fingerprint density at radius 1 is 1.20 bits per heavy atom. The highest BCUT2D eigenvalue weighted by Crippen LogP contribution is 2.38. The third-order valence-corrected chi connectivity index (χ3v) is 5.88. The van der Waals surface area contributed by atoms with E-state index in [4.69, 9.17) is 0 Å². The van der Waals surface area contributed by atoms with Gasteiger partial charge in [0.15, 0.2) is 0 Å². The van der Waals surface area contributed by atoms with Crippen LogP contribution in [0.25, 0.3) is 0 Å². The molecule has 1 aromatic carbocycles. The van der Waals surface area contributed by atoms with E-state index in [1.165, 1.54) is 18.5 Å². The first-order chi connectivity index (χ1) is 12.1. The van der Waals surface area contributed by atoms with E-state index in [1.807, 2.05) is 7.05 Å². The van der Waals surface area contributed by atoms with Crippen LogP contribution in [0.1, 0.15) is 38.7 Å². The van der Waals surface area contributed by atoms with Crippen LogP contribution in [-0.2, 0) is 11.3 Å². The maximum Gasteiger partial charge on any atom is 0.237 e. The van der Waals surface area contributed by atoms with Crippen molar-refractivity contribution in [2.24, 2.45) is 17.8 Å². The normalized spacial score (nSPS) is 27.4. The maximum atomic E-state index is 12.6. The van der Waals surface area contributed by atoms with E-state index >= 15 is 0 Å². The molecule has 4 atom stereocenters. The van der Waals surface area contributed by atoms with Crippen molar-refractivity contribution in [3.05, 3.63) is 35.9 Å². The highest BCUT2D eigenvalue weighted by Gasteiger charge is 2.43. The lowest BCUT2D eigenvalue weighted by molar-refractivity contribution is -0.124. The summed E-state index contributed by atoms with van der Waals surface area (Å²) in [6.45, 7) is 7.65. The summed E-state index contributed by atoms with van der Waals surface area (Å²) in [5.41, 5.74) is 1.38. The van der Waals surface area contributed by atoms with Crippen LogP contribution < -0.4 is 10.6 Å². The molecule has 3 rings (SSSR count). The number of benzene rings is 1. The van der Waals surface area contributed by atoms with E-state index in [-0.39, 0.29) is 11.9 Å². The standard InChI is InChI=1S/C21H33N3O/c1-15(2)11-20(22-3)21(25)23-19-10-9-17-13-24(14-18(17)19)12-16-7-5-4-6-8-16/h4-8,15,17-20,22H,9-14H2,1-3H3,(H,23,25)/t17-,18+,19+,20+/m1/s1. The number of nitrogens with one attached hydrogen (secondary N) is 2. The monoisotopic (exact) mass is 343 g/mol. The second-order valence-electron chi connectivity index (χ2n) is 8.27. The number of likely N-dealkylation sites (tertiary alicyclic amines) is 1. The molecular weight excluding hydrogens is 310 g/mol. The van der Waals surface area contributed by atoms with Gasteiger partial charge in [0, 0.05) is 25.7 Å². The molecule has 0 unspecified atom stereocenters. The molecule has 4 nitrogen and oxygen atoms in total. The number of carbonyl (C=O) groups is 1. The fraction of sp³-hybridized carbons (Fsp3) is 0.667. The minimum Gasteiger partial charge on any atom is -0.352 e. The highest BCUT2D eigenvalue weighted by molar-refractivity contribution is 5.82. The Morgan fingerprint density at radius 2 is 1.96 bits per heavy atom. The molecule has 0 bridgehead atoms. The smallest absolute Gasteiger partial charge is 0.237 e. The van der Waals surface area contributed by atoms with Gasteiger partial charge in [0.1, 0.15) is 0 Å². The molecule has 1 aliphatic carbocycles. The van der Waals surface area contributed by atoms with Gasteiger partial charge < -0.3 is 10.6 Å². The van der Waals surface area contributed by atoms with E-state index in [9.17, 15) is 4.79 Å². The second-order valence-corrected chi connectivity index (χ2v) is 8.27. The van der Waals surface area contributed by atoms with E-state index in [2.05, 4.69) is 59.7 Å². The van der Waals surface area contributed by atoms with Crippen LogP contribution in [0.15, 0.2) is 30.3 Å². The zero-order valence-corrected chi connectivity index (χ0v) is 15.9. The average Bonchev–Trinajstić information content (AvgIpc) is 3.14. The molecule has 1 aromatic rings. The highest BCUT2D eigenvalue weighted by atomic mass is 16.2. The third kappa shape index (κ3) is 4.62. The molecule has 1 aliphatic heterocycles. The van der Waals surface area contributed by atoms with Gasteiger partial charge in [-0.05, 0) is 49.6 Å². The number of nitrogens with zero attached hydrogens (tertiary/aromatic N) is 1. The lowest BCUT2D eigenvalue weighted by atomic mass is 9.97. The summed E-state index contributed by atoms with van der Waals surface area (Å²) in [6.07, 6.45) is 3.27. The largest absolute Gasteiger partial charge is 0.352 e. The summed E-state index contributed by atoms with van der Waals surface area (Å²) in [5, 5.41) is 6.55. The van der Waals surface area contributed by atoms with E-state index < -0.39 is 0 Å². The van der Waals surface area contributed by atoms with Crippen molar-refractivity contribution >= 4 is 5.91 Å². The molecule has 1 amide bonds. The van der Waals surface area contributed by atoms with Crippen molar-refractivity contribution in [3.8, 4) is 0 Å². The fourth-order valence-corrected chi connectivity index (χ4v) is 4.62. The van der Waals surface area contributed by atoms with Crippen molar-refractivity contribution in [1.29, 1.82) is 0 Å². The molecule has 0 radical (unpaired) electrons.